The average molecular weight is 371 g/mol. The Hall–Kier alpha value is -3.28. The lowest BCUT2D eigenvalue weighted by Crippen LogP contribution is -2.26. The Bertz CT molecular complexity index is 1090. The molecular formula is C22H21N5O. The Labute approximate surface area is 163 Å². The molecule has 28 heavy (non-hydrogen) atoms. The summed E-state index contributed by atoms with van der Waals surface area (Å²) in [5.41, 5.74) is 4.62. The van der Waals surface area contributed by atoms with E-state index in [9.17, 15) is 0 Å². The third-order valence-electron chi connectivity index (χ3n) is 5.61. The molecule has 3 heterocycles. The van der Waals surface area contributed by atoms with Crippen LogP contribution in [0.15, 0.2) is 61.1 Å². The van der Waals surface area contributed by atoms with E-state index in [0.717, 1.165) is 22.3 Å². The van der Waals surface area contributed by atoms with Crippen LogP contribution in [0.4, 0.5) is 0 Å². The highest BCUT2D eigenvalue weighted by Crippen LogP contribution is 2.44. The van der Waals surface area contributed by atoms with Crippen LogP contribution in [0.5, 0.6) is 6.01 Å². The van der Waals surface area contributed by atoms with Gasteiger partial charge in [-0.3, -0.25) is 9.55 Å². The van der Waals surface area contributed by atoms with E-state index in [1.807, 2.05) is 12.1 Å². The smallest absolute Gasteiger partial charge is 0.297 e. The summed E-state index contributed by atoms with van der Waals surface area (Å²) in [7, 11) is 1.67. The molecule has 0 N–H and O–H groups in total. The second-order valence-corrected chi connectivity index (χ2v) is 7.18. The molecule has 3 aromatic heterocycles. The van der Waals surface area contributed by atoms with Crippen LogP contribution in [0, 0.1) is 5.92 Å². The van der Waals surface area contributed by atoms with Crippen LogP contribution in [-0.2, 0) is 0 Å². The maximum absolute atomic E-state index is 5.72. The minimum absolute atomic E-state index is 0.167. The fraction of sp³-hybridized carbons (Fsp3) is 0.273. The second kappa shape index (κ2) is 7.03. The predicted octanol–water partition coefficient (Wildman–Crippen LogP) is 4.29. The van der Waals surface area contributed by atoms with Crippen LogP contribution in [0.2, 0.25) is 0 Å². The lowest BCUT2D eigenvalue weighted by molar-refractivity contribution is 0.224. The van der Waals surface area contributed by atoms with E-state index >= 15 is 0 Å². The van der Waals surface area contributed by atoms with Crippen LogP contribution in [0.25, 0.3) is 22.3 Å². The summed E-state index contributed by atoms with van der Waals surface area (Å²) in [6.07, 6.45) is 9.00. The van der Waals surface area contributed by atoms with Gasteiger partial charge in [-0.2, -0.15) is 10.1 Å². The summed E-state index contributed by atoms with van der Waals surface area (Å²) >= 11 is 0. The minimum Gasteiger partial charge on any atom is -0.468 e. The largest absolute Gasteiger partial charge is 0.468 e. The van der Waals surface area contributed by atoms with Gasteiger partial charge in [-0.25, -0.2) is 0 Å². The number of pyridine rings is 1. The van der Waals surface area contributed by atoms with E-state index in [0.29, 0.717) is 11.9 Å². The Kier molecular flexibility index (Phi) is 4.24. The number of nitrogens with zero attached hydrogens (tertiary/aromatic N) is 5. The van der Waals surface area contributed by atoms with Crippen molar-refractivity contribution < 1.29 is 4.74 Å². The molecule has 1 fully saturated rings. The number of fused-ring (bicyclic) bond motifs is 1. The third kappa shape index (κ3) is 2.72. The zero-order valence-electron chi connectivity index (χ0n) is 15.7. The summed E-state index contributed by atoms with van der Waals surface area (Å²) in [6, 6.07) is 15.2. The van der Waals surface area contributed by atoms with Gasteiger partial charge in [-0.1, -0.05) is 36.8 Å². The van der Waals surface area contributed by atoms with E-state index < -0.39 is 0 Å². The van der Waals surface area contributed by atoms with E-state index in [2.05, 4.69) is 50.1 Å². The molecule has 0 radical (unpaired) electrons. The van der Waals surface area contributed by atoms with Crippen molar-refractivity contribution in [1.82, 2.24) is 24.7 Å². The van der Waals surface area contributed by atoms with Crippen molar-refractivity contribution in [2.75, 3.05) is 7.11 Å². The topological polar surface area (TPSA) is 65.7 Å². The van der Waals surface area contributed by atoms with Gasteiger partial charge in [0.2, 0.25) is 0 Å². The van der Waals surface area contributed by atoms with Gasteiger partial charge in [0.25, 0.3) is 6.01 Å². The maximum Gasteiger partial charge on any atom is 0.297 e. The SMILES string of the molecule is COc1nc2c(-c3cccnc3)nncc2n1C(c1ccccc1)C1CCC1. The molecular weight excluding hydrogens is 350 g/mol. The molecule has 0 saturated heterocycles. The summed E-state index contributed by atoms with van der Waals surface area (Å²) in [5, 5.41) is 8.64. The number of hydrogen-bond acceptors (Lipinski definition) is 5. The Balaban J connectivity index is 1.74. The van der Waals surface area contributed by atoms with Crippen molar-refractivity contribution in [2.45, 2.75) is 25.3 Å². The van der Waals surface area contributed by atoms with Gasteiger partial charge in [0.1, 0.15) is 11.2 Å². The molecule has 5 rings (SSSR count). The molecule has 1 aliphatic rings. The van der Waals surface area contributed by atoms with Gasteiger partial charge in [-0.15, -0.1) is 5.10 Å². The zero-order chi connectivity index (χ0) is 18.9. The molecule has 1 saturated carbocycles. The highest BCUT2D eigenvalue weighted by molar-refractivity contribution is 5.89. The summed E-state index contributed by atoms with van der Waals surface area (Å²) in [6.45, 7) is 0. The van der Waals surface area contributed by atoms with E-state index in [4.69, 9.17) is 9.72 Å². The highest BCUT2D eigenvalue weighted by atomic mass is 16.5. The first kappa shape index (κ1) is 16.9. The summed E-state index contributed by atoms with van der Waals surface area (Å²) in [4.78, 5) is 9.02. The molecule has 1 aromatic carbocycles. The molecule has 140 valence electrons. The maximum atomic E-state index is 5.72. The van der Waals surface area contributed by atoms with E-state index in [1.165, 1.54) is 24.8 Å². The lowest BCUT2D eigenvalue weighted by Gasteiger charge is -2.35. The Morgan fingerprint density at radius 2 is 1.93 bits per heavy atom. The first-order valence-electron chi connectivity index (χ1n) is 9.60. The van der Waals surface area contributed by atoms with Crippen molar-refractivity contribution in [3.05, 3.63) is 66.6 Å². The number of methoxy groups -OCH3 is 1. The van der Waals surface area contributed by atoms with Crippen molar-refractivity contribution >= 4 is 11.0 Å². The van der Waals surface area contributed by atoms with Gasteiger partial charge < -0.3 is 4.74 Å². The van der Waals surface area contributed by atoms with Crippen molar-refractivity contribution in [3.63, 3.8) is 0 Å². The molecule has 0 aliphatic heterocycles. The van der Waals surface area contributed by atoms with Crippen LogP contribution in [0.3, 0.4) is 0 Å². The number of imidazole rings is 1. The van der Waals surface area contributed by atoms with Crippen molar-refractivity contribution in [3.8, 4) is 17.3 Å². The van der Waals surface area contributed by atoms with E-state index in [1.54, 1.807) is 25.7 Å². The van der Waals surface area contributed by atoms with Crippen LogP contribution in [0.1, 0.15) is 30.9 Å². The standard InChI is InChI=1S/C22H21N5O/c1-28-22-25-20-18(14-24-26-19(20)17-11-6-12-23-13-17)27(22)21(16-9-5-10-16)15-7-3-2-4-8-15/h2-4,6-8,11-14,16,21H,5,9-10H2,1H3. The third-order valence-corrected chi connectivity index (χ3v) is 5.61. The Morgan fingerprint density at radius 1 is 1.07 bits per heavy atom. The van der Waals surface area contributed by atoms with Crippen LogP contribution >= 0.6 is 0 Å². The van der Waals surface area contributed by atoms with Crippen molar-refractivity contribution in [1.29, 1.82) is 0 Å². The molecule has 0 spiro atoms. The summed E-state index contributed by atoms with van der Waals surface area (Å²) < 4.78 is 7.92. The van der Waals surface area contributed by atoms with Gasteiger partial charge in [0.05, 0.1) is 24.9 Å². The lowest BCUT2D eigenvalue weighted by atomic mass is 9.77. The molecule has 1 unspecified atom stereocenters. The first-order valence-corrected chi connectivity index (χ1v) is 9.60. The predicted molar refractivity (Wildman–Crippen MR) is 107 cm³/mol. The molecule has 1 atom stereocenters. The zero-order valence-corrected chi connectivity index (χ0v) is 15.7. The van der Waals surface area contributed by atoms with Gasteiger partial charge >= 0.3 is 0 Å². The average Bonchev–Trinajstić information content (AvgIpc) is 3.10. The van der Waals surface area contributed by atoms with Crippen LogP contribution < -0.4 is 4.74 Å². The van der Waals surface area contributed by atoms with Crippen molar-refractivity contribution in [2.24, 2.45) is 5.92 Å². The normalized spacial score (nSPS) is 15.3. The second-order valence-electron chi connectivity index (χ2n) is 7.18. The quantitative estimate of drug-likeness (QED) is 0.524. The fourth-order valence-electron chi connectivity index (χ4n) is 4.06. The highest BCUT2D eigenvalue weighted by Gasteiger charge is 2.33. The minimum atomic E-state index is 0.167. The molecule has 4 aromatic rings. The fourth-order valence-corrected chi connectivity index (χ4v) is 4.06. The Morgan fingerprint density at radius 3 is 2.61 bits per heavy atom. The van der Waals surface area contributed by atoms with Gasteiger partial charge in [-0.05, 0) is 36.5 Å². The molecule has 0 bridgehead atoms. The monoisotopic (exact) mass is 371 g/mol. The number of benzene rings is 1. The first-order chi connectivity index (χ1) is 13.9. The van der Waals surface area contributed by atoms with E-state index in [-0.39, 0.29) is 6.04 Å². The summed E-state index contributed by atoms with van der Waals surface area (Å²) in [5.74, 6) is 0.559. The number of aromatic nitrogens is 5. The van der Waals surface area contributed by atoms with Gasteiger partial charge in [0.15, 0.2) is 0 Å². The van der Waals surface area contributed by atoms with Gasteiger partial charge in [0, 0.05) is 18.0 Å². The molecule has 6 heteroatoms. The molecule has 6 nitrogen and oxygen atoms in total. The molecule has 1 aliphatic carbocycles. The number of hydrogen-bond donors (Lipinski definition) is 0. The number of rotatable bonds is 5. The number of ether oxygens (including phenoxy) is 1. The van der Waals surface area contributed by atoms with Crippen LogP contribution in [-0.4, -0.2) is 31.8 Å². The molecule has 0 amide bonds.